The van der Waals surface area contributed by atoms with Gasteiger partial charge in [0.2, 0.25) is 5.95 Å². The number of methoxy groups -OCH3 is 1. The Morgan fingerprint density at radius 1 is 1.38 bits per heavy atom. The lowest BCUT2D eigenvalue weighted by atomic mass is 10.00. The summed E-state index contributed by atoms with van der Waals surface area (Å²) < 4.78 is 18.7. The molecule has 4 N–H and O–H groups in total. The molecular weight excluding hydrogens is 277 g/mol. The summed E-state index contributed by atoms with van der Waals surface area (Å²) in [6, 6.07) is 5.58. The molecule has 0 saturated carbocycles. The van der Waals surface area contributed by atoms with Crippen LogP contribution < -0.4 is 11.5 Å². The molecule has 1 aromatic heterocycles. The van der Waals surface area contributed by atoms with Crippen molar-refractivity contribution in [3.63, 3.8) is 0 Å². The number of benzene rings is 1. The third-order valence-electron chi connectivity index (χ3n) is 2.72. The summed E-state index contributed by atoms with van der Waals surface area (Å²) in [6.07, 6.45) is 0. The molecule has 106 valence electrons. The summed E-state index contributed by atoms with van der Waals surface area (Å²) in [5.74, 6) is -1.96. The molecule has 0 fully saturated rings. The smallest absolute Gasteiger partial charge is 0.338 e. The highest BCUT2D eigenvalue weighted by molar-refractivity contribution is 5.98. The number of carbonyl (C=O) groups is 1. The first-order chi connectivity index (χ1) is 9.99. The quantitative estimate of drug-likeness (QED) is 0.791. The second-order valence-corrected chi connectivity index (χ2v) is 3.96. The van der Waals surface area contributed by atoms with Gasteiger partial charge in [0.05, 0.1) is 23.9 Å². The lowest BCUT2D eigenvalue weighted by Gasteiger charge is -2.11. The van der Waals surface area contributed by atoms with Crippen LogP contribution in [0.25, 0.3) is 11.3 Å². The topological polar surface area (TPSA) is 128 Å². The van der Waals surface area contributed by atoms with Crippen LogP contribution in [0.4, 0.5) is 16.2 Å². The fraction of sp³-hybridized carbons (Fsp3) is 0.0769. The van der Waals surface area contributed by atoms with E-state index in [2.05, 4.69) is 14.7 Å². The van der Waals surface area contributed by atoms with Gasteiger partial charge < -0.3 is 16.2 Å². The molecule has 0 bridgehead atoms. The van der Waals surface area contributed by atoms with E-state index >= 15 is 0 Å². The minimum Gasteiger partial charge on any atom is -0.465 e. The third-order valence-corrected chi connectivity index (χ3v) is 2.72. The van der Waals surface area contributed by atoms with Crippen LogP contribution in [-0.4, -0.2) is 23.0 Å². The van der Waals surface area contributed by atoms with E-state index in [1.807, 2.05) is 0 Å². The zero-order valence-electron chi connectivity index (χ0n) is 10.9. The molecule has 0 unspecified atom stereocenters. The van der Waals surface area contributed by atoms with E-state index in [-0.39, 0.29) is 34.2 Å². The first-order valence-corrected chi connectivity index (χ1v) is 5.69. The number of hydrogen-bond donors (Lipinski definition) is 2. The Kier molecular flexibility index (Phi) is 3.67. The summed E-state index contributed by atoms with van der Waals surface area (Å²) in [6.45, 7) is 0. The number of carbonyl (C=O) groups excluding carboxylic acids is 1. The Labute approximate surface area is 119 Å². The molecule has 0 amide bonds. The predicted molar refractivity (Wildman–Crippen MR) is 72.3 cm³/mol. The van der Waals surface area contributed by atoms with Gasteiger partial charge in [-0.25, -0.2) is 14.2 Å². The first kappa shape index (κ1) is 14.2. The van der Waals surface area contributed by atoms with Gasteiger partial charge >= 0.3 is 5.97 Å². The van der Waals surface area contributed by atoms with Gasteiger partial charge in [-0.3, -0.25) is 0 Å². The summed E-state index contributed by atoms with van der Waals surface area (Å²) >= 11 is 0. The molecule has 0 aliphatic heterocycles. The fourth-order valence-electron chi connectivity index (χ4n) is 1.83. The van der Waals surface area contributed by atoms with E-state index in [0.717, 1.165) is 13.2 Å². The van der Waals surface area contributed by atoms with Gasteiger partial charge in [0, 0.05) is 0 Å². The number of anilines is 2. The lowest BCUT2D eigenvalue weighted by Crippen LogP contribution is -2.10. The lowest BCUT2D eigenvalue weighted by molar-refractivity contribution is 0.0601. The highest BCUT2D eigenvalue weighted by Crippen LogP contribution is 2.31. The van der Waals surface area contributed by atoms with Gasteiger partial charge in [-0.15, -0.1) is 0 Å². The number of rotatable bonds is 2. The Bertz CT molecular complexity index is 770. The second kappa shape index (κ2) is 5.42. The third kappa shape index (κ3) is 2.44. The molecule has 0 aliphatic carbocycles. The van der Waals surface area contributed by atoms with Crippen molar-refractivity contribution in [3.05, 3.63) is 35.1 Å². The molecule has 0 saturated heterocycles. The van der Waals surface area contributed by atoms with E-state index in [0.29, 0.717) is 0 Å². The minimum atomic E-state index is -0.774. The van der Waals surface area contributed by atoms with Gasteiger partial charge in [-0.2, -0.15) is 10.2 Å². The number of aromatic nitrogens is 2. The largest absolute Gasteiger partial charge is 0.465 e. The Balaban J connectivity index is 2.85. The van der Waals surface area contributed by atoms with Crippen molar-refractivity contribution in [2.24, 2.45) is 0 Å². The number of halogens is 1. The Morgan fingerprint density at radius 3 is 2.71 bits per heavy atom. The molecule has 0 aliphatic rings. The standard InChI is InChI=1S/C13H10FN5O2/c1-21-12(20)6-3-2-4-8(14)9(6)10-7(5-15)11(16)19-13(17)18-10/h2-4H,1H3,(H4,16,17,18,19). The number of hydrogen-bond acceptors (Lipinski definition) is 7. The molecule has 7 nitrogen and oxygen atoms in total. The highest BCUT2D eigenvalue weighted by atomic mass is 19.1. The molecule has 0 atom stereocenters. The zero-order valence-corrected chi connectivity index (χ0v) is 10.9. The maximum atomic E-state index is 14.2. The average molecular weight is 287 g/mol. The van der Waals surface area contributed by atoms with Crippen LogP contribution in [0, 0.1) is 17.1 Å². The highest BCUT2D eigenvalue weighted by Gasteiger charge is 2.23. The predicted octanol–water partition coefficient (Wildman–Crippen LogP) is 1.11. The number of esters is 1. The van der Waals surface area contributed by atoms with E-state index in [9.17, 15) is 9.18 Å². The van der Waals surface area contributed by atoms with Crippen molar-refractivity contribution >= 4 is 17.7 Å². The molecule has 2 rings (SSSR count). The van der Waals surface area contributed by atoms with Crippen molar-refractivity contribution in [1.82, 2.24) is 9.97 Å². The normalized spacial score (nSPS) is 9.95. The van der Waals surface area contributed by atoms with Gasteiger partial charge in [0.25, 0.3) is 0 Å². The molecule has 21 heavy (non-hydrogen) atoms. The molecule has 8 heteroatoms. The Morgan fingerprint density at radius 2 is 2.10 bits per heavy atom. The monoisotopic (exact) mass is 287 g/mol. The van der Waals surface area contributed by atoms with Crippen LogP contribution >= 0.6 is 0 Å². The molecule has 1 heterocycles. The fourth-order valence-corrected chi connectivity index (χ4v) is 1.83. The van der Waals surface area contributed by atoms with E-state index in [1.54, 1.807) is 6.07 Å². The molecular formula is C13H10FN5O2. The van der Waals surface area contributed by atoms with E-state index in [4.69, 9.17) is 16.7 Å². The number of nitriles is 1. The maximum Gasteiger partial charge on any atom is 0.338 e. The first-order valence-electron chi connectivity index (χ1n) is 5.69. The molecule has 1 aromatic carbocycles. The molecule has 2 aromatic rings. The van der Waals surface area contributed by atoms with Gasteiger partial charge in [-0.1, -0.05) is 6.07 Å². The minimum absolute atomic E-state index is 0.0912. The van der Waals surface area contributed by atoms with E-state index < -0.39 is 11.8 Å². The SMILES string of the molecule is COC(=O)c1cccc(F)c1-c1nc(N)nc(N)c1C#N. The Hall–Kier alpha value is -3.21. The second-order valence-electron chi connectivity index (χ2n) is 3.96. The number of ether oxygens (including phenoxy) is 1. The van der Waals surface area contributed by atoms with Crippen molar-refractivity contribution in [2.45, 2.75) is 0 Å². The summed E-state index contributed by atoms with van der Waals surface area (Å²) in [5, 5.41) is 9.14. The number of nitrogens with zero attached hydrogens (tertiary/aromatic N) is 3. The number of nitrogen functional groups attached to an aromatic ring is 2. The number of nitrogens with two attached hydrogens (primary N) is 2. The van der Waals surface area contributed by atoms with Crippen molar-refractivity contribution in [1.29, 1.82) is 5.26 Å². The molecule has 0 radical (unpaired) electrons. The van der Waals surface area contributed by atoms with Gasteiger partial charge in [-0.05, 0) is 12.1 Å². The van der Waals surface area contributed by atoms with Crippen LogP contribution in [0.3, 0.4) is 0 Å². The summed E-state index contributed by atoms with van der Waals surface area (Å²) in [7, 11) is 1.16. The summed E-state index contributed by atoms with van der Waals surface area (Å²) in [5.41, 5.74) is 10.4. The van der Waals surface area contributed by atoms with Crippen LogP contribution in [0.5, 0.6) is 0 Å². The maximum absolute atomic E-state index is 14.2. The van der Waals surface area contributed by atoms with Crippen LogP contribution in [0.2, 0.25) is 0 Å². The summed E-state index contributed by atoms with van der Waals surface area (Å²) in [4.78, 5) is 19.2. The van der Waals surface area contributed by atoms with Gasteiger partial charge in [0.15, 0.2) is 0 Å². The van der Waals surface area contributed by atoms with Crippen molar-refractivity contribution < 1.29 is 13.9 Å². The van der Waals surface area contributed by atoms with Crippen LogP contribution in [0.1, 0.15) is 15.9 Å². The van der Waals surface area contributed by atoms with Gasteiger partial charge in [0.1, 0.15) is 23.3 Å². The van der Waals surface area contributed by atoms with Crippen molar-refractivity contribution in [2.75, 3.05) is 18.6 Å². The van der Waals surface area contributed by atoms with E-state index in [1.165, 1.54) is 12.1 Å². The average Bonchev–Trinajstić information content (AvgIpc) is 2.45. The van der Waals surface area contributed by atoms with Crippen LogP contribution in [0.15, 0.2) is 18.2 Å². The van der Waals surface area contributed by atoms with Crippen molar-refractivity contribution in [3.8, 4) is 17.3 Å². The van der Waals surface area contributed by atoms with Crippen LogP contribution in [-0.2, 0) is 4.74 Å². The molecule has 0 spiro atoms. The zero-order chi connectivity index (χ0) is 15.6.